The molecule has 0 amide bonds. The van der Waals surface area contributed by atoms with Gasteiger partial charge in [0, 0.05) is 25.5 Å². The molecule has 0 saturated carbocycles. The molecule has 0 radical (unpaired) electrons. The van der Waals surface area contributed by atoms with E-state index in [1.54, 1.807) is 0 Å². The van der Waals surface area contributed by atoms with Crippen LogP contribution < -0.4 is 5.32 Å². The Hall–Kier alpha value is -2.65. The molecule has 3 aromatic rings. The Kier molecular flexibility index (Phi) is 5.81. The summed E-state index contributed by atoms with van der Waals surface area (Å²) in [4.78, 5) is 6.48. The van der Waals surface area contributed by atoms with E-state index in [0.717, 1.165) is 25.2 Å². The number of nitrogens with one attached hydrogen (secondary N) is 1. The van der Waals surface area contributed by atoms with Gasteiger partial charge in [-0.2, -0.15) is 0 Å². The monoisotopic (exact) mass is 331 g/mol. The molecule has 0 aliphatic heterocycles. The quantitative estimate of drug-likeness (QED) is 0.698. The highest BCUT2D eigenvalue weighted by molar-refractivity contribution is 5.44. The second-order valence-corrected chi connectivity index (χ2v) is 6.66. The normalized spacial score (nSPS) is 10.8. The number of rotatable bonds is 7. The zero-order valence-electron chi connectivity index (χ0n) is 14.9. The van der Waals surface area contributed by atoms with E-state index in [4.69, 9.17) is 0 Å². The van der Waals surface area contributed by atoms with Crippen LogP contribution in [0.1, 0.15) is 22.3 Å². The SMILES string of the molecule is CN(C)Cc1cncc(NCc2cccc(Cc3ccccc3)c2)c1. The van der Waals surface area contributed by atoms with E-state index >= 15 is 0 Å². The van der Waals surface area contributed by atoms with Gasteiger partial charge in [-0.3, -0.25) is 4.98 Å². The molecule has 0 bridgehead atoms. The lowest BCUT2D eigenvalue weighted by molar-refractivity contribution is 0.402. The molecule has 1 aromatic heterocycles. The van der Waals surface area contributed by atoms with Crippen LogP contribution in [-0.2, 0) is 19.5 Å². The second kappa shape index (κ2) is 8.45. The van der Waals surface area contributed by atoms with Crippen molar-refractivity contribution < 1.29 is 0 Å². The fourth-order valence-electron chi connectivity index (χ4n) is 2.92. The highest BCUT2D eigenvalue weighted by Crippen LogP contribution is 2.14. The Morgan fingerprint density at radius 3 is 2.36 bits per heavy atom. The maximum absolute atomic E-state index is 4.33. The molecule has 0 spiro atoms. The first kappa shape index (κ1) is 17.2. The number of aromatic nitrogens is 1. The summed E-state index contributed by atoms with van der Waals surface area (Å²) in [6, 6.07) is 21.5. The third-order valence-corrected chi connectivity index (χ3v) is 4.03. The highest BCUT2D eigenvalue weighted by Gasteiger charge is 2.01. The number of pyridine rings is 1. The van der Waals surface area contributed by atoms with Crippen molar-refractivity contribution in [2.45, 2.75) is 19.5 Å². The number of benzene rings is 2. The van der Waals surface area contributed by atoms with E-state index in [1.165, 1.54) is 22.3 Å². The molecule has 0 aliphatic rings. The molecule has 0 aliphatic carbocycles. The zero-order chi connectivity index (χ0) is 17.5. The Labute approximate surface area is 150 Å². The van der Waals surface area contributed by atoms with Crippen LogP contribution in [0.25, 0.3) is 0 Å². The molecule has 128 valence electrons. The van der Waals surface area contributed by atoms with Crippen LogP contribution in [0.5, 0.6) is 0 Å². The van der Waals surface area contributed by atoms with Crippen LogP contribution in [0.15, 0.2) is 73.1 Å². The molecule has 3 heteroatoms. The lowest BCUT2D eigenvalue weighted by atomic mass is 10.0. The van der Waals surface area contributed by atoms with Crippen LogP contribution in [0.4, 0.5) is 5.69 Å². The van der Waals surface area contributed by atoms with Gasteiger partial charge in [-0.25, -0.2) is 0 Å². The summed E-state index contributed by atoms with van der Waals surface area (Å²) in [5, 5.41) is 3.48. The first-order chi connectivity index (χ1) is 12.2. The molecule has 1 heterocycles. The lowest BCUT2D eigenvalue weighted by Crippen LogP contribution is -2.11. The zero-order valence-corrected chi connectivity index (χ0v) is 14.9. The second-order valence-electron chi connectivity index (χ2n) is 6.66. The van der Waals surface area contributed by atoms with E-state index in [0.29, 0.717) is 0 Å². The van der Waals surface area contributed by atoms with Gasteiger partial charge in [0.05, 0.1) is 5.69 Å². The van der Waals surface area contributed by atoms with Gasteiger partial charge >= 0.3 is 0 Å². The highest BCUT2D eigenvalue weighted by atomic mass is 15.0. The lowest BCUT2D eigenvalue weighted by Gasteiger charge is -2.12. The minimum absolute atomic E-state index is 0.801. The van der Waals surface area contributed by atoms with Crippen LogP contribution in [-0.4, -0.2) is 24.0 Å². The summed E-state index contributed by atoms with van der Waals surface area (Å²) in [6.45, 7) is 1.70. The Balaban J connectivity index is 1.63. The molecular formula is C22H25N3. The van der Waals surface area contributed by atoms with Crippen molar-refractivity contribution in [2.75, 3.05) is 19.4 Å². The molecule has 0 unspecified atom stereocenters. The van der Waals surface area contributed by atoms with E-state index in [9.17, 15) is 0 Å². The first-order valence-electron chi connectivity index (χ1n) is 8.63. The van der Waals surface area contributed by atoms with Gasteiger partial charge in [0.2, 0.25) is 0 Å². The summed E-state index contributed by atoms with van der Waals surface area (Å²) < 4.78 is 0. The predicted octanol–water partition coefficient (Wildman–Crippen LogP) is 4.35. The molecule has 1 N–H and O–H groups in total. The molecule has 25 heavy (non-hydrogen) atoms. The van der Waals surface area contributed by atoms with E-state index in [1.807, 2.05) is 12.4 Å². The molecule has 3 rings (SSSR count). The number of hydrogen-bond donors (Lipinski definition) is 1. The minimum atomic E-state index is 0.801. The molecule has 0 fully saturated rings. The standard InChI is InChI=1S/C22H25N3/c1-25(2)17-21-13-22(16-23-14-21)24-15-20-10-6-9-19(12-20)11-18-7-4-3-5-8-18/h3-10,12-14,16,24H,11,15,17H2,1-2H3. The topological polar surface area (TPSA) is 28.2 Å². The molecule has 0 atom stereocenters. The van der Waals surface area contributed by atoms with Crippen LogP contribution in [0.2, 0.25) is 0 Å². The fourth-order valence-corrected chi connectivity index (χ4v) is 2.92. The van der Waals surface area contributed by atoms with Crippen molar-refractivity contribution in [1.29, 1.82) is 0 Å². The number of nitrogens with zero attached hydrogens (tertiary/aromatic N) is 2. The van der Waals surface area contributed by atoms with Gasteiger partial charge in [-0.1, -0.05) is 54.6 Å². The van der Waals surface area contributed by atoms with Crippen molar-refractivity contribution in [3.05, 3.63) is 95.3 Å². The van der Waals surface area contributed by atoms with Crippen molar-refractivity contribution in [1.82, 2.24) is 9.88 Å². The van der Waals surface area contributed by atoms with Crippen molar-refractivity contribution in [3.63, 3.8) is 0 Å². The maximum Gasteiger partial charge on any atom is 0.0532 e. The molecule has 2 aromatic carbocycles. The predicted molar refractivity (Wildman–Crippen MR) is 105 cm³/mol. The van der Waals surface area contributed by atoms with Gasteiger partial charge in [0.1, 0.15) is 0 Å². The largest absolute Gasteiger partial charge is 0.380 e. The average molecular weight is 331 g/mol. The third-order valence-electron chi connectivity index (χ3n) is 4.03. The fraction of sp³-hybridized carbons (Fsp3) is 0.227. The summed E-state index contributed by atoms with van der Waals surface area (Å²) in [6.07, 6.45) is 4.77. The smallest absolute Gasteiger partial charge is 0.0532 e. The van der Waals surface area contributed by atoms with Gasteiger partial charge in [0.15, 0.2) is 0 Å². The first-order valence-corrected chi connectivity index (χ1v) is 8.63. The van der Waals surface area contributed by atoms with Crippen molar-refractivity contribution >= 4 is 5.69 Å². The van der Waals surface area contributed by atoms with Crippen molar-refractivity contribution in [3.8, 4) is 0 Å². The van der Waals surface area contributed by atoms with E-state index < -0.39 is 0 Å². The Morgan fingerprint density at radius 2 is 1.56 bits per heavy atom. The molecule has 3 nitrogen and oxygen atoms in total. The van der Waals surface area contributed by atoms with Crippen LogP contribution in [0, 0.1) is 0 Å². The number of anilines is 1. The average Bonchev–Trinajstić information content (AvgIpc) is 2.61. The van der Waals surface area contributed by atoms with Gasteiger partial charge in [-0.15, -0.1) is 0 Å². The van der Waals surface area contributed by atoms with Gasteiger partial charge in [0.25, 0.3) is 0 Å². The summed E-state index contributed by atoms with van der Waals surface area (Å²) >= 11 is 0. The van der Waals surface area contributed by atoms with E-state index in [2.05, 4.69) is 90.0 Å². The molecule has 0 saturated heterocycles. The summed E-state index contributed by atoms with van der Waals surface area (Å²) in [7, 11) is 4.14. The van der Waals surface area contributed by atoms with E-state index in [-0.39, 0.29) is 0 Å². The van der Waals surface area contributed by atoms with Crippen molar-refractivity contribution in [2.24, 2.45) is 0 Å². The maximum atomic E-state index is 4.33. The minimum Gasteiger partial charge on any atom is -0.380 e. The molecular weight excluding hydrogens is 306 g/mol. The van der Waals surface area contributed by atoms with Crippen LogP contribution in [0.3, 0.4) is 0 Å². The van der Waals surface area contributed by atoms with Gasteiger partial charge in [-0.05, 0) is 48.8 Å². The number of hydrogen-bond acceptors (Lipinski definition) is 3. The summed E-state index contributed by atoms with van der Waals surface area (Å²) in [5.41, 5.74) is 6.24. The Morgan fingerprint density at radius 1 is 0.800 bits per heavy atom. The van der Waals surface area contributed by atoms with Crippen LogP contribution >= 0.6 is 0 Å². The Bertz CT molecular complexity index is 797. The van der Waals surface area contributed by atoms with Gasteiger partial charge < -0.3 is 10.2 Å². The summed E-state index contributed by atoms with van der Waals surface area (Å²) in [5.74, 6) is 0. The third kappa shape index (κ3) is 5.44.